The maximum Gasteiger partial charge on any atom is 0.323 e. The van der Waals surface area contributed by atoms with Gasteiger partial charge in [0.05, 0.1) is 11.3 Å². The van der Waals surface area contributed by atoms with Crippen molar-refractivity contribution in [2.24, 2.45) is 0 Å². The van der Waals surface area contributed by atoms with Crippen molar-refractivity contribution < 1.29 is 9.90 Å². The van der Waals surface area contributed by atoms with Crippen molar-refractivity contribution in [2.45, 2.75) is 0 Å². The van der Waals surface area contributed by atoms with E-state index >= 15 is 0 Å². The van der Waals surface area contributed by atoms with Gasteiger partial charge in [-0.25, -0.2) is 0 Å². The predicted octanol–water partition coefficient (Wildman–Crippen LogP) is 2.29. The van der Waals surface area contributed by atoms with E-state index in [1.807, 2.05) is 6.07 Å². The zero-order chi connectivity index (χ0) is 12.8. The average Bonchev–Trinajstić information content (AvgIpc) is 2.27. The molecule has 1 rings (SSSR count). The summed E-state index contributed by atoms with van der Waals surface area (Å²) in [5.41, 5.74) is 0.889. The maximum absolute atomic E-state index is 10.7. The summed E-state index contributed by atoms with van der Waals surface area (Å²) >= 11 is 5.78. The van der Waals surface area contributed by atoms with E-state index < -0.39 is 5.97 Å². The van der Waals surface area contributed by atoms with E-state index in [2.05, 4.69) is 6.58 Å². The Kier molecular flexibility index (Phi) is 4.56. The summed E-state index contributed by atoms with van der Waals surface area (Å²) in [5.74, 6) is -0.967. The molecule has 0 spiro atoms. The molecule has 17 heavy (non-hydrogen) atoms. The number of nitrogens with zero attached hydrogens (tertiary/aromatic N) is 2. The number of hydrogen-bond acceptors (Lipinski definition) is 3. The number of carboxylic acid groups (broad SMARTS) is 1. The second-order valence-electron chi connectivity index (χ2n) is 3.34. The monoisotopic (exact) mass is 250 g/mol. The van der Waals surface area contributed by atoms with Crippen LogP contribution in [0.4, 0.5) is 5.69 Å². The highest BCUT2D eigenvalue weighted by atomic mass is 35.5. The zero-order valence-electron chi connectivity index (χ0n) is 9.06. The van der Waals surface area contributed by atoms with E-state index in [-0.39, 0.29) is 6.54 Å². The van der Waals surface area contributed by atoms with E-state index in [0.29, 0.717) is 22.8 Å². The molecular formula is C12H11ClN2O2. The van der Waals surface area contributed by atoms with Gasteiger partial charge in [-0.2, -0.15) is 5.26 Å². The molecule has 1 aromatic carbocycles. The molecule has 0 aliphatic heterocycles. The van der Waals surface area contributed by atoms with Gasteiger partial charge in [-0.1, -0.05) is 17.7 Å². The molecule has 0 atom stereocenters. The number of carbonyl (C=O) groups is 1. The summed E-state index contributed by atoms with van der Waals surface area (Å²) in [6.45, 7) is 3.72. The molecule has 0 heterocycles. The molecule has 0 radical (unpaired) electrons. The fourth-order valence-electron chi connectivity index (χ4n) is 1.44. The highest BCUT2D eigenvalue weighted by Gasteiger charge is 2.13. The lowest BCUT2D eigenvalue weighted by Crippen LogP contribution is -2.30. The predicted molar refractivity (Wildman–Crippen MR) is 66.2 cm³/mol. The van der Waals surface area contributed by atoms with Gasteiger partial charge in [-0.05, 0) is 18.2 Å². The van der Waals surface area contributed by atoms with Crippen molar-refractivity contribution in [3.05, 3.63) is 41.4 Å². The normalized spacial score (nSPS) is 9.41. The fourth-order valence-corrected chi connectivity index (χ4v) is 1.61. The number of nitriles is 1. The van der Waals surface area contributed by atoms with Crippen LogP contribution >= 0.6 is 11.6 Å². The summed E-state index contributed by atoms with van der Waals surface area (Å²) < 4.78 is 0. The van der Waals surface area contributed by atoms with Gasteiger partial charge in [0.2, 0.25) is 0 Å². The first-order valence-corrected chi connectivity index (χ1v) is 5.23. The maximum atomic E-state index is 10.7. The van der Waals surface area contributed by atoms with Crippen molar-refractivity contribution in [1.82, 2.24) is 0 Å². The fraction of sp³-hybridized carbons (Fsp3) is 0.167. The van der Waals surface area contributed by atoms with Gasteiger partial charge >= 0.3 is 5.97 Å². The zero-order valence-corrected chi connectivity index (χ0v) is 9.81. The van der Waals surface area contributed by atoms with Gasteiger partial charge in [0.1, 0.15) is 12.6 Å². The van der Waals surface area contributed by atoms with E-state index in [1.165, 1.54) is 6.07 Å². The third-order valence-corrected chi connectivity index (χ3v) is 2.33. The molecule has 88 valence electrons. The van der Waals surface area contributed by atoms with Gasteiger partial charge in [0.25, 0.3) is 0 Å². The van der Waals surface area contributed by atoms with Crippen LogP contribution in [0, 0.1) is 11.3 Å². The van der Waals surface area contributed by atoms with E-state index in [4.69, 9.17) is 22.0 Å². The first-order valence-electron chi connectivity index (χ1n) is 4.85. The van der Waals surface area contributed by atoms with Gasteiger partial charge in [0.15, 0.2) is 0 Å². The van der Waals surface area contributed by atoms with Crippen molar-refractivity contribution in [3.63, 3.8) is 0 Å². The Morgan fingerprint density at radius 1 is 1.65 bits per heavy atom. The molecule has 4 nitrogen and oxygen atoms in total. The summed E-state index contributed by atoms with van der Waals surface area (Å²) in [6, 6.07) is 6.76. The van der Waals surface area contributed by atoms with Crippen LogP contribution in [0.3, 0.4) is 0 Å². The van der Waals surface area contributed by atoms with Crippen LogP contribution in [0.2, 0.25) is 5.02 Å². The van der Waals surface area contributed by atoms with E-state index in [9.17, 15) is 4.79 Å². The first-order chi connectivity index (χ1) is 8.08. The molecule has 5 heteroatoms. The van der Waals surface area contributed by atoms with Crippen LogP contribution in [0.5, 0.6) is 0 Å². The van der Waals surface area contributed by atoms with Gasteiger partial charge < -0.3 is 10.0 Å². The van der Waals surface area contributed by atoms with Crippen molar-refractivity contribution >= 4 is 23.3 Å². The highest BCUT2D eigenvalue weighted by molar-refractivity contribution is 6.30. The minimum Gasteiger partial charge on any atom is -0.480 e. The van der Waals surface area contributed by atoms with Crippen molar-refractivity contribution in [2.75, 3.05) is 18.0 Å². The Labute approximate surface area is 104 Å². The summed E-state index contributed by atoms with van der Waals surface area (Å²) in [7, 11) is 0. The number of rotatable bonds is 5. The molecule has 0 aliphatic rings. The molecule has 0 saturated carbocycles. The number of aliphatic carboxylic acids is 1. The second-order valence-corrected chi connectivity index (χ2v) is 3.77. The van der Waals surface area contributed by atoms with Crippen LogP contribution in [0.25, 0.3) is 0 Å². The lowest BCUT2D eigenvalue weighted by molar-refractivity contribution is -0.135. The molecule has 0 fully saturated rings. The second kappa shape index (κ2) is 5.92. The Balaban J connectivity index is 3.13. The lowest BCUT2D eigenvalue weighted by atomic mass is 10.1. The van der Waals surface area contributed by atoms with Crippen LogP contribution in [-0.4, -0.2) is 24.2 Å². The quantitative estimate of drug-likeness (QED) is 0.815. The molecule has 0 saturated heterocycles. The van der Waals surface area contributed by atoms with E-state index in [0.717, 1.165) is 0 Å². The van der Waals surface area contributed by atoms with Gasteiger partial charge in [0, 0.05) is 11.6 Å². The largest absolute Gasteiger partial charge is 0.480 e. The number of hydrogen-bond donors (Lipinski definition) is 1. The SMILES string of the molecule is C=CCN(CC(=O)O)c1ccc(Cl)cc1C#N. The summed E-state index contributed by atoms with van der Waals surface area (Å²) in [6.07, 6.45) is 1.58. The number of carboxylic acids is 1. The van der Waals surface area contributed by atoms with Crippen LogP contribution in [0.15, 0.2) is 30.9 Å². The lowest BCUT2D eigenvalue weighted by Gasteiger charge is -2.22. The third-order valence-electron chi connectivity index (χ3n) is 2.10. The summed E-state index contributed by atoms with van der Waals surface area (Å²) in [5, 5.41) is 18.2. The Bertz CT molecular complexity index is 480. The summed E-state index contributed by atoms with van der Waals surface area (Å²) in [4.78, 5) is 12.3. The molecule has 0 aliphatic carbocycles. The van der Waals surface area contributed by atoms with E-state index in [1.54, 1.807) is 23.1 Å². The number of anilines is 1. The van der Waals surface area contributed by atoms with Crippen molar-refractivity contribution in [1.29, 1.82) is 5.26 Å². The molecule has 1 N–H and O–H groups in total. The van der Waals surface area contributed by atoms with Crippen LogP contribution < -0.4 is 4.90 Å². The van der Waals surface area contributed by atoms with Gasteiger partial charge in [-0.3, -0.25) is 4.79 Å². The Morgan fingerprint density at radius 2 is 2.35 bits per heavy atom. The minimum atomic E-state index is -0.967. The smallest absolute Gasteiger partial charge is 0.323 e. The van der Waals surface area contributed by atoms with Crippen LogP contribution in [-0.2, 0) is 4.79 Å². The molecule has 0 amide bonds. The molecule has 0 unspecified atom stereocenters. The highest BCUT2D eigenvalue weighted by Crippen LogP contribution is 2.23. The number of halogens is 1. The number of benzene rings is 1. The van der Waals surface area contributed by atoms with Crippen molar-refractivity contribution in [3.8, 4) is 6.07 Å². The van der Waals surface area contributed by atoms with Crippen LogP contribution in [0.1, 0.15) is 5.56 Å². The van der Waals surface area contributed by atoms with Gasteiger partial charge in [-0.15, -0.1) is 6.58 Å². The Hall–Kier alpha value is -1.99. The third kappa shape index (κ3) is 3.51. The first kappa shape index (κ1) is 13.1. The molecular weight excluding hydrogens is 240 g/mol. The Morgan fingerprint density at radius 3 is 2.88 bits per heavy atom. The minimum absolute atomic E-state index is 0.192. The average molecular weight is 251 g/mol. The molecule has 1 aromatic rings. The molecule has 0 aromatic heterocycles. The topological polar surface area (TPSA) is 64.3 Å². The standard InChI is InChI=1S/C12H11ClN2O2/c1-2-5-15(8-12(16)17)11-4-3-10(13)6-9(11)7-14/h2-4,6H,1,5,8H2,(H,16,17). The molecule has 0 bridgehead atoms.